The number of hydrogen-bond acceptors (Lipinski definition) is 3. The quantitative estimate of drug-likeness (QED) is 0.439. The van der Waals surface area contributed by atoms with Crippen LogP contribution in [0.3, 0.4) is 0 Å². The van der Waals surface area contributed by atoms with E-state index in [-0.39, 0.29) is 5.91 Å². The van der Waals surface area contributed by atoms with Gasteiger partial charge in [-0.25, -0.2) is 4.98 Å². The highest BCUT2D eigenvalue weighted by Gasteiger charge is 2.05. The van der Waals surface area contributed by atoms with E-state index in [1.165, 1.54) is 4.70 Å². The number of thiazole rings is 1. The summed E-state index contributed by atoms with van der Waals surface area (Å²) in [6, 6.07) is 22.6. The van der Waals surface area contributed by atoms with Crippen molar-refractivity contribution in [3.63, 3.8) is 0 Å². The second-order valence-electron chi connectivity index (χ2n) is 5.94. The van der Waals surface area contributed by atoms with E-state index in [0.29, 0.717) is 10.6 Å². The molecule has 0 saturated heterocycles. The lowest BCUT2D eigenvalue weighted by Crippen LogP contribution is -2.11. The fourth-order valence-corrected chi connectivity index (χ4v) is 3.61. The normalized spacial score (nSPS) is 11.1. The lowest BCUT2D eigenvalue weighted by atomic mass is 10.1. The lowest BCUT2D eigenvalue weighted by Gasteiger charge is -2.05. The fraction of sp³-hybridized carbons (Fsp3) is 0. The van der Waals surface area contributed by atoms with Gasteiger partial charge in [0.2, 0.25) is 0 Å². The van der Waals surface area contributed by atoms with Gasteiger partial charge in [0.1, 0.15) is 5.01 Å². The van der Waals surface area contributed by atoms with E-state index in [4.69, 9.17) is 11.6 Å². The number of hydrogen-bond donors (Lipinski definition) is 1. The van der Waals surface area contributed by atoms with E-state index >= 15 is 0 Å². The molecule has 3 aromatic carbocycles. The summed E-state index contributed by atoms with van der Waals surface area (Å²) in [6.45, 7) is 0. The first-order valence-corrected chi connectivity index (χ1v) is 9.57. The number of aromatic nitrogens is 1. The minimum Gasteiger partial charge on any atom is -0.322 e. The van der Waals surface area contributed by atoms with E-state index < -0.39 is 0 Å². The van der Waals surface area contributed by atoms with Gasteiger partial charge in [0.05, 0.1) is 10.2 Å². The zero-order chi connectivity index (χ0) is 18.6. The molecular weight excluding hydrogens is 376 g/mol. The van der Waals surface area contributed by atoms with Crippen molar-refractivity contribution >= 4 is 56.9 Å². The van der Waals surface area contributed by atoms with Gasteiger partial charge in [-0.05, 0) is 60.2 Å². The van der Waals surface area contributed by atoms with E-state index in [1.807, 2.05) is 54.6 Å². The summed E-state index contributed by atoms with van der Waals surface area (Å²) in [7, 11) is 0. The topological polar surface area (TPSA) is 42.0 Å². The van der Waals surface area contributed by atoms with Crippen LogP contribution in [0.1, 0.15) is 20.9 Å². The van der Waals surface area contributed by atoms with Gasteiger partial charge < -0.3 is 5.32 Å². The SMILES string of the molecule is O=C(Nc1ccc(C=Cc2nc3ccccc3s2)cc1)c1ccc(Cl)cc1. The predicted octanol–water partition coefficient (Wildman–Crippen LogP) is 6.37. The number of nitrogens with one attached hydrogen (secondary N) is 1. The number of rotatable bonds is 4. The van der Waals surface area contributed by atoms with Gasteiger partial charge in [0.15, 0.2) is 0 Å². The minimum absolute atomic E-state index is 0.163. The maximum atomic E-state index is 12.2. The number of nitrogens with zero attached hydrogens (tertiary/aromatic N) is 1. The van der Waals surface area contributed by atoms with E-state index in [2.05, 4.69) is 16.4 Å². The molecule has 27 heavy (non-hydrogen) atoms. The lowest BCUT2D eigenvalue weighted by molar-refractivity contribution is 0.102. The molecule has 1 N–H and O–H groups in total. The van der Waals surface area contributed by atoms with E-state index in [9.17, 15) is 4.79 Å². The Morgan fingerprint density at radius 3 is 2.41 bits per heavy atom. The predicted molar refractivity (Wildman–Crippen MR) is 114 cm³/mol. The summed E-state index contributed by atoms with van der Waals surface area (Å²) in [5.41, 5.74) is 3.37. The third kappa shape index (κ3) is 4.25. The molecule has 0 unspecified atom stereocenters. The van der Waals surface area contributed by atoms with Gasteiger partial charge in [0.25, 0.3) is 5.91 Å². The first-order chi connectivity index (χ1) is 13.2. The summed E-state index contributed by atoms with van der Waals surface area (Å²) in [5.74, 6) is -0.163. The summed E-state index contributed by atoms with van der Waals surface area (Å²) >= 11 is 7.51. The zero-order valence-electron chi connectivity index (χ0n) is 14.2. The molecule has 0 spiro atoms. The molecule has 0 aliphatic heterocycles. The Bertz CT molecular complexity index is 1080. The minimum atomic E-state index is -0.163. The van der Waals surface area contributed by atoms with Gasteiger partial charge in [-0.3, -0.25) is 4.79 Å². The second-order valence-corrected chi connectivity index (χ2v) is 7.43. The van der Waals surface area contributed by atoms with Crippen LogP contribution in [-0.2, 0) is 0 Å². The third-order valence-corrected chi connectivity index (χ3v) is 5.26. The van der Waals surface area contributed by atoms with Crippen molar-refractivity contribution in [2.45, 2.75) is 0 Å². The number of fused-ring (bicyclic) bond motifs is 1. The van der Waals surface area contributed by atoms with Crippen LogP contribution in [0.15, 0.2) is 72.8 Å². The van der Waals surface area contributed by atoms with Crippen molar-refractivity contribution in [1.82, 2.24) is 4.98 Å². The van der Waals surface area contributed by atoms with Gasteiger partial charge in [-0.2, -0.15) is 0 Å². The molecule has 0 radical (unpaired) electrons. The Balaban J connectivity index is 1.43. The zero-order valence-corrected chi connectivity index (χ0v) is 15.8. The van der Waals surface area contributed by atoms with Crippen LogP contribution in [0, 0.1) is 0 Å². The third-order valence-electron chi connectivity index (χ3n) is 4.00. The molecule has 1 amide bonds. The second kappa shape index (κ2) is 7.74. The summed E-state index contributed by atoms with van der Waals surface area (Å²) in [4.78, 5) is 16.8. The highest BCUT2D eigenvalue weighted by atomic mass is 35.5. The maximum Gasteiger partial charge on any atom is 0.255 e. The molecule has 1 heterocycles. The Morgan fingerprint density at radius 1 is 0.926 bits per heavy atom. The molecule has 4 aromatic rings. The molecule has 132 valence electrons. The van der Waals surface area contributed by atoms with Crippen LogP contribution >= 0.6 is 22.9 Å². The Morgan fingerprint density at radius 2 is 1.67 bits per heavy atom. The molecule has 1 aromatic heterocycles. The number of carbonyl (C=O) groups is 1. The fourth-order valence-electron chi connectivity index (χ4n) is 2.61. The molecule has 0 fully saturated rings. The smallest absolute Gasteiger partial charge is 0.255 e. The molecule has 0 aliphatic rings. The first-order valence-electron chi connectivity index (χ1n) is 8.38. The van der Waals surface area contributed by atoms with Gasteiger partial charge in [-0.15, -0.1) is 11.3 Å². The highest BCUT2D eigenvalue weighted by molar-refractivity contribution is 7.19. The number of anilines is 1. The van der Waals surface area contributed by atoms with Crippen LogP contribution < -0.4 is 5.32 Å². The molecular formula is C22H15ClN2OS. The van der Waals surface area contributed by atoms with Gasteiger partial charge in [-0.1, -0.05) is 41.9 Å². The average Bonchev–Trinajstić information content (AvgIpc) is 3.11. The number of halogens is 1. The molecule has 0 atom stereocenters. The van der Waals surface area contributed by atoms with Crippen molar-refractivity contribution in [3.05, 3.63) is 94.0 Å². The van der Waals surface area contributed by atoms with Crippen LogP contribution in [-0.4, -0.2) is 10.9 Å². The molecule has 0 saturated carbocycles. The molecule has 4 rings (SSSR count). The number of benzene rings is 3. The molecule has 0 aliphatic carbocycles. The van der Waals surface area contributed by atoms with Crippen molar-refractivity contribution in [2.75, 3.05) is 5.32 Å². The van der Waals surface area contributed by atoms with E-state index in [0.717, 1.165) is 21.8 Å². The maximum absolute atomic E-state index is 12.2. The Kier molecular flexibility index (Phi) is 5.01. The highest BCUT2D eigenvalue weighted by Crippen LogP contribution is 2.23. The van der Waals surface area contributed by atoms with Gasteiger partial charge in [0, 0.05) is 16.3 Å². The van der Waals surface area contributed by atoms with Crippen LogP contribution in [0.5, 0.6) is 0 Å². The molecule has 5 heteroatoms. The van der Waals surface area contributed by atoms with Crippen molar-refractivity contribution < 1.29 is 4.79 Å². The monoisotopic (exact) mass is 390 g/mol. The first kappa shape index (κ1) is 17.5. The van der Waals surface area contributed by atoms with Crippen molar-refractivity contribution in [2.24, 2.45) is 0 Å². The van der Waals surface area contributed by atoms with E-state index in [1.54, 1.807) is 35.6 Å². The van der Waals surface area contributed by atoms with Crippen LogP contribution in [0.2, 0.25) is 5.02 Å². The largest absolute Gasteiger partial charge is 0.322 e. The van der Waals surface area contributed by atoms with Crippen molar-refractivity contribution in [1.29, 1.82) is 0 Å². The van der Waals surface area contributed by atoms with Gasteiger partial charge >= 0.3 is 0 Å². The number of para-hydroxylation sites is 1. The van der Waals surface area contributed by atoms with Crippen LogP contribution in [0.4, 0.5) is 5.69 Å². The van der Waals surface area contributed by atoms with Crippen molar-refractivity contribution in [3.8, 4) is 0 Å². The summed E-state index contributed by atoms with van der Waals surface area (Å²) in [5, 5.41) is 4.46. The summed E-state index contributed by atoms with van der Waals surface area (Å²) < 4.78 is 1.18. The summed E-state index contributed by atoms with van der Waals surface area (Å²) in [6.07, 6.45) is 4.02. The number of carbonyl (C=O) groups excluding carboxylic acids is 1. The average molecular weight is 391 g/mol. The molecule has 0 bridgehead atoms. The standard InChI is InChI=1S/C22H15ClN2OS/c23-17-10-8-16(9-11-17)22(26)24-18-12-5-15(6-13-18)7-14-21-25-19-3-1-2-4-20(19)27-21/h1-14H,(H,24,26). The van der Waals surface area contributed by atoms with Crippen LogP contribution in [0.25, 0.3) is 22.4 Å². The Hall–Kier alpha value is -2.95. The Labute approximate surface area is 166 Å². The number of amides is 1. The molecule has 3 nitrogen and oxygen atoms in total.